The Labute approximate surface area is 373 Å². The van der Waals surface area contributed by atoms with Gasteiger partial charge < -0.3 is 14.2 Å². The molecule has 0 spiro atoms. The molecule has 61 heavy (non-hydrogen) atoms. The highest BCUT2D eigenvalue weighted by atomic mass is 16.6. The standard InChI is InChI=1S/C55H84O6/c1-4-7-10-13-16-19-22-24-25-26-27-28-29-31-33-36-39-42-45-48-54(57)60-51-52(50-59-53(56)47-44-41-38-35-32-21-18-15-12-9-6-3)61-55(58)49-46-43-40-37-34-30-23-20-17-14-11-8-5-2/h7-8,10-11,14-21,23-25,27-28,31-33,39,42,52H,4-6,9,12-13,22,26,29-30,34-38,40-41,43-51H2,1-3H3/b10-7-,11-8-,17-14-,18-15-,19-16-,23-20-,25-24-,28-27-,32-21-,33-31-,42-39-. The lowest BCUT2D eigenvalue weighted by atomic mass is 10.1. The molecule has 0 saturated heterocycles. The van der Waals surface area contributed by atoms with Gasteiger partial charge in [0.2, 0.25) is 0 Å². The summed E-state index contributed by atoms with van der Waals surface area (Å²) in [4.78, 5) is 37.8. The van der Waals surface area contributed by atoms with Crippen LogP contribution in [-0.2, 0) is 28.6 Å². The average molecular weight is 841 g/mol. The van der Waals surface area contributed by atoms with Gasteiger partial charge in [-0.1, -0.05) is 193 Å². The molecule has 0 aliphatic carbocycles. The van der Waals surface area contributed by atoms with Crippen LogP contribution >= 0.6 is 0 Å². The normalized spacial score (nSPS) is 13.3. The molecule has 0 heterocycles. The Kier molecular flexibility index (Phi) is 44.7. The number of esters is 3. The minimum absolute atomic E-state index is 0.129. The monoisotopic (exact) mass is 841 g/mol. The highest BCUT2D eigenvalue weighted by molar-refractivity contribution is 5.71. The van der Waals surface area contributed by atoms with Crippen molar-refractivity contribution in [3.05, 3.63) is 134 Å². The van der Waals surface area contributed by atoms with E-state index in [2.05, 4.69) is 136 Å². The van der Waals surface area contributed by atoms with Crippen LogP contribution in [0, 0.1) is 0 Å². The van der Waals surface area contributed by atoms with Crippen molar-refractivity contribution in [1.82, 2.24) is 0 Å². The Morgan fingerprint density at radius 2 is 0.754 bits per heavy atom. The molecule has 1 atom stereocenters. The molecule has 0 fully saturated rings. The van der Waals surface area contributed by atoms with Gasteiger partial charge in [0.25, 0.3) is 0 Å². The summed E-state index contributed by atoms with van der Waals surface area (Å²) in [6.07, 6.45) is 67.3. The van der Waals surface area contributed by atoms with Gasteiger partial charge in [0, 0.05) is 19.3 Å². The van der Waals surface area contributed by atoms with E-state index in [1.807, 2.05) is 18.2 Å². The van der Waals surface area contributed by atoms with E-state index in [0.29, 0.717) is 12.8 Å². The summed E-state index contributed by atoms with van der Waals surface area (Å²) >= 11 is 0. The van der Waals surface area contributed by atoms with Crippen LogP contribution in [0.1, 0.15) is 175 Å². The maximum Gasteiger partial charge on any atom is 0.306 e. The van der Waals surface area contributed by atoms with E-state index in [1.54, 1.807) is 0 Å². The van der Waals surface area contributed by atoms with E-state index in [1.165, 1.54) is 12.8 Å². The number of hydrogen-bond donors (Lipinski definition) is 0. The van der Waals surface area contributed by atoms with Gasteiger partial charge in [0.15, 0.2) is 6.10 Å². The predicted octanol–water partition coefficient (Wildman–Crippen LogP) is 15.5. The lowest BCUT2D eigenvalue weighted by molar-refractivity contribution is -0.166. The maximum atomic E-state index is 12.7. The van der Waals surface area contributed by atoms with E-state index in [9.17, 15) is 14.4 Å². The summed E-state index contributed by atoms with van der Waals surface area (Å²) in [7, 11) is 0. The van der Waals surface area contributed by atoms with Crippen molar-refractivity contribution < 1.29 is 28.6 Å². The van der Waals surface area contributed by atoms with Gasteiger partial charge in [-0.15, -0.1) is 0 Å². The van der Waals surface area contributed by atoms with Crippen molar-refractivity contribution in [2.24, 2.45) is 0 Å². The highest BCUT2D eigenvalue weighted by Gasteiger charge is 2.19. The minimum atomic E-state index is -0.833. The predicted molar refractivity (Wildman–Crippen MR) is 260 cm³/mol. The minimum Gasteiger partial charge on any atom is -0.462 e. The molecule has 0 aromatic carbocycles. The molecule has 0 aromatic rings. The largest absolute Gasteiger partial charge is 0.462 e. The van der Waals surface area contributed by atoms with Gasteiger partial charge in [-0.05, 0) is 96.3 Å². The molecule has 1 unspecified atom stereocenters. The van der Waals surface area contributed by atoms with Gasteiger partial charge >= 0.3 is 17.9 Å². The molecular weight excluding hydrogens is 757 g/mol. The first-order valence-corrected chi connectivity index (χ1v) is 23.7. The quantitative estimate of drug-likeness (QED) is 0.0201. The SMILES string of the molecule is CC\C=C/C=C\C=C/CCCCCCCC(=O)OC(COC(=O)CC/C=C\C/C=C\C/C=C\C/C=C\C/C=C\C/C=C\CC)COC(=O)CCCCC/C=C\C=C/CCCC. The van der Waals surface area contributed by atoms with Crippen molar-refractivity contribution in [1.29, 1.82) is 0 Å². The van der Waals surface area contributed by atoms with Crippen LogP contribution in [0.2, 0.25) is 0 Å². The lowest BCUT2D eigenvalue weighted by Crippen LogP contribution is -2.30. The summed E-state index contributed by atoms with van der Waals surface area (Å²) < 4.78 is 16.6. The molecule has 0 aliphatic heterocycles. The Morgan fingerprint density at radius 3 is 1.28 bits per heavy atom. The Hall–Kier alpha value is -4.45. The first-order valence-electron chi connectivity index (χ1n) is 23.7. The fraction of sp³-hybridized carbons (Fsp3) is 0.545. The first-order chi connectivity index (χ1) is 30.0. The van der Waals surface area contributed by atoms with Crippen LogP contribution in [0.4, 0.5) is 0 Å². The van der Waals surface area contributed by atoms with Crippen molar-refractivity contribution in [2.75, 3.05) is 13.2 Å². The number of unbranched alkanes of at least 4 members (excludes halogenated alkanes) is 10. The number of hydrogen-bond acceptors (Lipinski definition) is 6. The molecule has 0 bridgehead atoms. The van der Waals surface area contributed by atoms with Crippen LogP contribution in [0.15, 0.2) is 134 Å². The van der Waals surface area contributed by atoms with Crippen LogP contribution in [0.5, 0.6) is 0 Å². The molecule has 0 radical (unpaired) electrons. The second kappa shape index (κ2) is 48.2. The molecule has 0 aromatic heterocycles. The molecular formula is C55H84O6. The second-order valence-corrected chi connectivity index (χ2v) is 15.0. The van der Waals surface area contributed by atoms with Crippen LogP contribution in [0.3, 0.4) is 0 Å². The third kappa shape index (κ3) is 46.5. The van der Waals surface area contributed by atoms with E-state index >= 15 is 0 Å². The Bertz CT molecular complexity index is 1380. The summed E-state index contributed by atoms with van der Waals surface area (Å²) in [5, 5.41) is 0. The molecule has 340 valence electrons. The van der Waals surface area contributed by atoms with Crippen molar-refractivity contribution >= 4 is 17.9 Å². The van der Waals surface area contributed by atoms with Gasteiger partial charge in [-0.3, -0.25) is 14.4 Å². The van der Waals surface area contributed by atoms with E-state index < -0.39 is 6.10 Å². The van der Waals surface area contributed by atoms with Gasteiger partial charge in [-0.2, -0.15) is 0 Å². The fourth-order valence-corrected chi connectivity index (χ4v) is 5.68. The molecule has 0 rings (SSSR count). The second-order valence-electron chi connectivity index (χ2n) is 15.0. The van der Waals surface area contributed by atoms with Crippen molar-refractivity contribution in [3.8, 4) is 0 Å². The molecule has 0 N–H and O–H groups in total. The zero-order valence-corrected chi connectivity index (χ0v) is 38.6. The van der Waals surface area contributed by atoms with Crippen LogP contribution < -0.4 is 0 Å². The van der Waals surface area contributed by atoms with Crippen molar-refractivity contribution in [3.63, 3.8) is 0 Å². The smallest absolute Gasteiger partial charge is 0.306 e. The fourth-order valence-electron chi connectivity index (χ4n) is 5.68. The lowest BCUT2D eigenvalue weighted by Gasteiger charge is -2.18. The van der Waals surface area contributed by atoms with Crippen LogP contribution in [0.25, 0.3) is 0 Å². The van der Waals surface area contributed by atoms with Gasteiger partial charge in [0.1, 0.15) is 13.2 Å². The summed E-state index contributed by atoms with van der Waals surface area (Å²) in [5.74, 6) is -1.08. The summed E-state index contributed by atoms with van der Waals surface area (Å²) in [5.41, 5.74) is 0. The number of allylic oxidation sites excluding steroid dienone is 22. The summed E-state index contributed by atoms with van der Waals surface area (Å²) in [6, 6.07) is 0. The zero-order chi connectivity index (χ0) is 44.4. The Morgan fingerprint density at radius 1 is 0.361 bits per heavy atom. The number of carbonyl (C=O) groups excluding carboxylic acids is 3. The third-order valence-corrected chi connectivity index (χ3v) is 9.22. The first kappa shape index (κ1) is 56.5. The number of rotatable bonds is 40. The molecule has 6 heteroatoms. The number of carbonyl (C=O) groups is 3. The number of ether oxygens (including phenoxy) is 3. The van der Waals surface area contributed by atoms with Crippen LogP contribution in [-0.4, -0.2) is 37.2 Å². The average Bonchev–Trinajstić information content (AvgIpc) is 3.26. The van der Waals surface area contributed by atoms with Gasteiger partial charge in [0.05, 0.1) is 0 Å². The summed E-state index contributed by atoms with van der Waals surface area (Å²) in [6.45, 7) is 6.19. The topological polar surface area (TPSA) is 78.9 Å². The molecule has 6 nitrogen and oxygen atoms in total. The molecule has 0 saturated carbocycles. The van der Waals surface area contributed by atoms with Crippen molar-refractivity contribution in [2.45, 2.75) is 181 Å². The van der Waals surface area contributed by atoms with E-state index in [0.717, 1.165) is 116 Å². The van der Waals surface area contributed by atoms with E-state index in [-0.39, 0.29) is 44.0 Å². The van der Waals surface area contributed by atoms with Gasteiger partial charge in [-0.25, -0.2) is 0 Å². The third-order valence-electron chi connectivity index (χ3n) is 9.22. The zero-order valence-electron chi connectivity index (χ0n) is 38.6. The Balaban J connectivity index is 4.58. The molecule has 0 aliphatic rings. The maximum absolute atomic E-state index is 12.7. The highest BCUT2D eigenvalue weighted by Crippen LogP contribution is 2.11. The van der Waals surface area contributed by atoms with E-state index in [4.69, 9.17) is 14.2 Å². The molecule has 0 amide bonds.